The Balaban J connectivity index is 1.52. The van der Waals surface area contributed by atoms with Crippen LogP contribution in [0.25, 0.3) is 0 Å². The number of nitrogens with zero attached hydrogens (tertiary/aromatic N) is 1. The second-order valence-electron chi connectivity index (χ2n) is 7.24. The quantitative estimate of drug-likeness (QED) is 0.347. The van der Waals surface area contributed by atoms with Crippen molar-refractivity contribution < 1.29 is 37.9 Å². The standard InChI is InChI=1S/C24H25N3O8/c1-14-18(15(2)35-27-14)12-33-19-8-6-5-7-17(19)24(30)34-13-22(28)25-26-23(29)16-9-10-20(31-3)21(11-16)32-4/h5-11H,12-13H2,1-4H3,(H,25,28)(H,26,29). The molecule has 0 radical (unpaired) electrons. The van der Waals surface area contributed by atoms with E-state index in [9.17, 15) is 14.4 Å². The summed E-state index contributed by atoms with van der Waals surface area (Å²) >= 11 is 0. The van der Waals surface area contributed by atoms with Crippen molar-refractivity contribution in [1.82, 2.24) is 16.0 Å². The highest BCUT2D eigenvalue weighted by Crippen LogP contribution is 2.27. The van der Waals surface area contributed by atoms with Crippen molar-refractivity contribution in [3.8, 4) is 17.2 Å². The number of rotatable bonds is 9. The van der Waals surface area contributed by atoms with Gasteiger partial charge in [0.25, 0.3) is 11.8 Å². The molecular weight excluding hydrogens is 458 g/mol. The maximum absolute atomic E-state index is 12.5. The molecule has 1 aromatic heterocycles. The Morgan fingerprint density at radius 1 is 0.943 bits per heavy atom. The van der Waals surface area contributed by atoms with E-state index >= 15 is 0 Å². The monoisotopic (exact) mass is 483 g/mol. The Morgan fingerprint density at radius 3 is 2.37 bits per heavy atom. The number of esters is 1. The van der Waals surface area contributed by atoms with Gasteiger partial charge in [0.1, 0.15) is 23.7 Å². The van der Waals surface area contributed by atoms with Crippen molar-refractivity contribution >= 4 is 17.8 Å². The number of aromatic nitrogens is 1. The fraction of sp³-hybridized carbons (Fsp3) is 0.250. The number of amides is 2. The minimum absolute atomic E-state index is 0.140. The summed E-state index contributed by atoms with van der Waals surface area (Å²) in [6.07, 6.45) is 0. The molecule has 0 aliphatic carbocycles. The van der Waals surface area contributed by atoms with Gasteiger partial charge in [-0.1, -0.05) is 17.3 Å². The third kappa shape index (κ3) is 6.28. The zero-order valence-electron chi connectivity index (χ0n) is 19.7. The molecule has 184 valence electrons. The summed E-state index contributed by atoms with van der Waals surface area (Å²) in [5.41, 5.74) is 6.26. The Morgan fingerprint density at radius 2 is 1.69 bits per heavy atom. The molecular formula is C24H25N3O8. The smallest absolute Gasteiger partial charge is 0.342 e. The van der Waals surface area contributed by atoms with Crippen LogP contribution in [0.1, 0.15) is 37.7 Å². The summed E-state index contributed by atoms with van der Waals surface area (Å²) in [4.78, 5) is 36.9. The third-order valence-electron chi connectivity index (χ3n) is 4.96. The lowest BCUT2D eigenvalue weighted by atomic mass is 10.2. The van der Waals surface area contributed by atoms with Gasteiger partial charge in [-0.2, -0.15) is 0 Å². The summed E-state index contributed by atoms with van der Waals surface area (Å²) < 4.78 is 26.2. The minimum Gasteiger partial charge on any atom is -0.493 e. The van der Waals surface area contributed by atoms with Gasteiger partial charge in [0.2, 0.25) is 0 Å². The predicted molar refractivity (Wildman–Crippen MR) is 122 cm³/mol. The molecule has 3 aromatic rings. The van der Waals surface area contributed by atoms with E-state index in [2.05, 4.69) is 16.0 Å². The fourth-order valence-electron chi connectivity index (χ4n) is 3.04. The molecule has 2 aromatic carbocycles. The fourth-order valence-corrected chi connectivity index (χ4v) is 3.04. The molecule has 0 unspecified atom stereocenters. The Labute approximate surface area is 201 Å². The maximum atomic E-state index is 12.5. The van der Waals surface area contributed by atoms with Gasteiger partial charge in [0.05, 0.1) is 25.5 Å². The minimum atomic E-state index is -0.763. The zero-order valence-corrected chi connectivity index (χ0v) is 19.7. The SMILES string of the molecule is COc1ccc(C(=O)NNC(=O)COC(=O)c2ccccc2OCc2c(C)noc2C)cc1OC. The van der Waals surface area contributed by atoms with Crippen molar-refractivity contribution in [2.24, 2.45) is 0 Å². The molecule has 0 saturated heterocycles. The first-order valence-electron chi connectivity index (χ1n) is 10.5. The van der Waals surface area contributed by atoms with Crippen molar-refractivity contribution in [1.29, 1.82) is 0 Å². The number of benzene rings is 2. The molecule has 0 aliphatic heterocycles. The van der Waals surface area contributed by atoms with E-state index in [1.165, 1.54) is 32.4 Å². The third-order valence-corrected chi connectivity index (χ3v) is 4.96. The Hall–Kier alpha value is -4.54. The van der Waals surface area contributed by atoms with Crippen LogP contribution in [-0.4, -0.2) is 43.8 Å². The van der Waals surface area contributed by atoms with Gasteiger partial charge in [-0.25, -0.2) is 4.79 Å². The van der Waals surface area contributed by atoms with Gasteiger partial charge in [0, 0.05) is 5.56 Å². The summed E-state index contributed by atoms with van der Waals surface area (Å²) in [7, 11) is 2.91. The topological polar surface area (TPSA) is 138 Å². The molecule has 0 aliphatic rings. The van der Waals surface area contributed by atoms with Crippen LogP contribution in [0.3, 0.4) is 0 Å². The molecule has 11 nitrogen and oxygen atoms in total. The van der Waals surface area contributed by atoms with Crippen molar-refractivity contribution in [3.63, 3.8) is 0 Å². The number of ether oxygens (including phenoxy) is 4. The van der Waals surface area contributed by atoms with Gasteiger partial charge >= 0.3 is 5.97 Å². The first-order valence-corrected chi connectivity index (χ1v) is 10.5. The summed E-state index contributed by atoms with van der Waals surface area (Å²) in [6.45, 7) is 3.08. The van der Waals surface area contributed by atoms with Crippen molar-refractivity contribution in [2.75, 3.05) is 20.8 Å². The summed E-state index contributed by atoms with van der Waals surface area (Å²) in [6, 6.07) is 11.0. The van der Waals surface area contributed by atoms with Gasteiger partial charge in [-0.3, -0.25) is 20.4 Å². The number of methoxy groups -OCH3 is 2. The van der Waals surface area contributed by atoms with Crippen LogP contribution < -0.4 is 25.1 Å². The number of carbonyl (C=O) groups excluding carboxylic acids is 3. The van der Waals surface area contributed by atoms with Crippen molar-refractivity contribution in [3.05, 3.63) is 70.6 Å². The first-order chi connectivity index (χ1) is 16.8. The number of para-hydroxylation sites is 1. The molecule has 2 amide bonds. The highest BCUT2D eigenvalue weighted by molar-refractivity contribution is 5.97. The lowest BCUT2D eigenvalue weighted by Gasteiger charge is -2.12. The Bertz CT molecular complexity index is 1200. The molecule has 11 heteroatoms. The molecule has 2 N–H and O–H groups in total. The van der Waals surface area contributed by atoms with Crippen LogP contribution in [0.4, 0.5) is 0 Å². The number of nitrogens with one attached hydrogen (secondary N) is 2. The van der Waals surface area contributed by atoms with Gasteiger partial charge in [-0.15, -0.1) is 0 Å². The first kappa shape index (κ1) is 25.1. The normalized spacial score (nSPS) is 10.3. The van der Waals surface area contributed by atoms with Crippen LogP contribution in [0.15, 0.2) is 47.0 Å². The van der Waals surface area contributed by atoms with Crippen LogP contribution >= 0.6 is 0 Å². The summed E-state index contributed by atoms with van der Waals surface area (Å²) in [5, 5.41) is 3.87. The average molecular weight is 483 g/mol. The molecule has 3 rings (SSSR count). The van der Waals surface area contributed by atoms with Crippen LogP contribution in [0.2, 0.25) is 0 Å². The number of aryl methyl sites for hydroxylation is 2. The lowest BCUT2D eigenvalue weighted by Crippen LogP contribution is -2.43. The van der Waals surface area contributed by atoms with E-state index < -0.39 is 24.4 Å². The van der Waals surface area contributed by atoms with E-state index in [-0.39, 0.29) is 23.5 Å². The molecule has 0 atom stereocenters. The van der Waals surface area contributed by atoms with E-state index in [0.717, 1.165) is 5.56 Å². The Kier molecular flexibility index (Phi) is 8.28. The second-order valence-corrected chi connectivity index (χ2v) is 7.24. The van der Waals surface area contributed by atoms with Crippen LogP contribution in [0.5, 0.6) is 17.2 Å². The molecule has 0 spiro atoms. The van der Waals surface area contributed by atoms with E-state index in [1.54, 1.807) is 38.1 Å². The molecule has 35 heavy (non-hydrogen) atoms. The number of hydrogen-bond donors (Lipinski definition) is 2. The predicted octanol–water partition coefficient (Wildman–Crippen LogP) is 2.51. The van der Waals surface area contributed by atoms with E-state index in [1.807, 2.05) is 0 Å². The van der Waals surface area contributed by atoms with Crippen LogP contribution in [-0.2, 0) is 16.1 Å². The summed E-state index contributed by atoms with van der Waals surface area (Å²) in [5.74, 6) is -0.383. The maximum Gasteiger partial charge on any atom is 0.342 e. The van der Waals surface area contributed by atoms with E-state index in [4.69, 9.17) is 23.5 Å². The second kappa shape index (κ2) is 11.5. The molecule has 1 heterocycles. The van der Waals surface area contributed by atoms with Crippen molar-refractivity contribution in [2.45, 2.75) is 20.5 Å². The number of hydrazine groups is 1. The molecule has 0 saturated carbocycles. The average Bonchev–Trinajstić information content (AvgIpc) is 3.20. The number of hydrogen-bond acceptors (Lipinski definition) is 9. The van der Waals surface area contributed by atoms with Gasteiger partial charge in [0.15, 0.2) is 18.1 Å². The molecule has 0 fully saturated rings. The van der Waals surface area contributed by atoms with Crippen LogP contribution in [0, 0.1) is 13.8 Å². The lowest BCUT2D eigenvalue weighted by molar-refractivity contribution is -0.125. The highest BCUT2D eigenvalue weighted by atomic mass is 16.5. The van der Waals surface area contributed by atoms with Gasteiger partial charge in [-0.05, 0) is 44.2 Å². The highest BCUT2D eigenvalue weighted by Gasteiger charge is 2.18. The molecule has 0 bridgehead atoms. The zero-order chi connectivity index (χ0) is 25.4. The van der Waals surface area contributed by atoms with Gasteiger partial charge < -0.3 is 23.5 Å². The number of carbonyl (C=O) groups is 3. The largest absolute Gasteiger partial charge is 0.493 e. The van der Waals surface area contributed by atoms with E-state index in [0.29, 0.717) is 23.0 Å².